The van der Waals surface area contributed by atoms with E-state index in [1.165, 1.54) is 5.69 Å². The molecule has 1 fully saturated rings. The van der Waals surface area contributed by atoms with Gasteiger partial charge in [-0.25, -0.2) is 4.98 Å². The summed E-state index contributed by atoms with van der Waals surface area (Å²) in [6, 6.07) is 18.9. The van der Waals surface area contributed by atoms with E-state index >= 15 is 0 Å². The predicted octanol–water partition coefficient (Wildman–Crippen LogP) is 3.42. The first-order valence-electron chi connectivity index (χ1n) is 7.70. The average Bonchev–Trinajstić information content (AvgIpc) is 3.12. The van der Waals surface area contributed by atoms with Crippen molar-refractivity contribution in [2.24, 2.45) is 0 Å². The lowest BCUT2D eigenvalue weighted by atomic mass is 9.90. The Morgan fingerprint density at radius 1 is 1.00 bits per heavy atom. The van der Waals surface area contributed by atoms with Crippen LogP contribution in [0, 0.1) is 0 Å². The van der Waals surface area contributed by atoms with Gasteiger partial charge in [-0.05, 0) is 23.3 Å². The second kappa shape index (κ2) is 5.25. The predicted molar refractivity (Wildman–Crippen MR) is 90.3 cm³/mol. The third-order valence-electron chi connectivity index (χ3n) is 4.40. The van der Waals surface area contributed by atoms with E-state index in [1.54, 1.807) is 6.20 Å². The minimum absolute atomic E-state index is 0.0578. The Kier molecular flexibility index (Phi) is 3.20. The molecule has 23 heavy (non-hydrogen) atoms. The van der Waals surface area contributed by atoms with Crippen LogP contribution >= 0.6 is 0 Å². The van der Waals surface area contributed by atoms with Crippen LogP contribution < -0.4 is 4.90 Å². The Balaban J connectivity index is 1.78. The molecule has 1 saturated heterocycles. The normalized spacial score (nSPS) is 22.8. The summed E-state index contributed by atoms with van der Waals surface area (Å²) in [5.41, 5.74) is 3.06. The van der Waals surface area contributed by atoms with Crippen LogP contribution in [0.3, 0.4) is 0 Å². The molecule has 116 valence electrons. The number of hydrogen-bond donors (Lipinski definition) is 0. The molecule has 1 aliphatic rings. The Morgan fingerprint density at radius 3 is 2.30 bits per heavy atom. The molecule has 2 heterocycles. The third-order valence-corrected chi connectivity index (χ3v) is 4.40. The molecule has 2 aromatic carbocycles. The van der Waals surface area contributed by atoms with Gasteiger partial charge < -0.3 is 14.2 Å². The molecule has 2 atom stereocenters. The summed E-state index contributed by atoms with van der Waals surface area (Å²) in [6.07, 6.45) is 5.48. The first-order chi connectivity index (χ1) is 11.2. The van der Waals surface area contributed by atoms with Crippen molar-refractivity contribution < 1.29 is 4.74 Å². The SMILES string of the molecule is CN(C)c1ccc(C2(c3ccccc3)OC2n2ccnc2)cc1. The van der Waals surface area contributed by atoms with Gasteiger partial charge in [0.1, 0.15) is 0 Å². The Bertz CT molecular complexity index is 781. The molecule has 0 amide bonds. The topological polar surface area (TPSA) is 33.6 Å². The molecule has 4 heteroatoms. The van der Waals surface area contributed by atoms with E-state index in [9.17, 15) is 0 Å². The van der Waals surface area contributed by atoms with Crippen molar-refractivity contribution >= 4 is 5.69 Å². The van der Waals surface area contributed by atoms with E-state index in [0.29, 0.717) is 0 Å². The van der Waals surface area contributed by atoms with Gasteiger partial charge in [0.25, 0.3) is 0 Å². The van der Waals surface area contributed by atoms with E-state index in [-0.39, 0.29) is 6.23 Å². The van der Waals surface area contributed by atoms with Crippen LogP contribution in [0.15, 0.2) is 73.3 Å². The van der Waals surface area contributed by atoms with Gasteiger partial charge in [-0.2, -0.15) is 0 Å². The smallest absolute Gasteiger partial charge is 0.174 e. The maximum Gasteiger partial charge on any atom is 0.174 e. The van der Waals surface area contributed by atoms with E-state index < -0.39 is 5.60 Å². The van der Waals surface area contributed by atoms with Crippen LogP contribution in [-0.4, -0.2) is 23.6 Å². The van der Waals surface area contributed by atoms with Crippen LogP contribution in [0.25, 0.3) is 0 Å². The molecular formula is C19H19N3O. The monoisotopic (exact) mass is 305 g/mol. The van der Waals surface area contributed by atoms with Crippen molar-refractivity contribution in [3.63, 3.8) is 0 Å². The molecule has 0 bridgehead atoms. The molecule has 0 radical (unpaired) electrons. The van der Waals surface area contributed by atoms with Crippen molar-refractivity contribution in [2.45, 2.75) is 11.8 Å². The number of imidazole rings is 1. The zero-order valence-corrected chi connectivity index (χ0v) is 13.3. The van der Waals surface area contributed by atoms with Crippen LogP contribution in [-0.2, 0) is 10.3 Å². The molecule has 1 aliphatic heterocycles. The number of anilines is 1. The van der Waals surface area contributed by atoms with E-state index in [0.717, 1.165) is 11.1 Å². The molecule has 3 aromatic rings. The zero-order chi connectivity index (χ0) is 15.9. The van der Waals surface area contributed by atoms with Crippen molar-refractivity contribution in [1.82, 2.24) is 9.55 Å². The number of benzene rings is 2. The largest absolute Gasteiger partial charge is 0.378 e. The van der Waals surface area contributed by atoms with Gasteiger partial charge >= 0.3 is 0 Å². The molecular weight excluding hydrogens is 286 g/mol. The van der Waals surface area contributed by atoms with Gasteiger partial charge in [0.15, 0.2) is 11.8 Å². The quantitative estimate of drug-likeness (QED) is 0.693. The Morgan fingerprint density at radius 2 is 1.70 bits per heavy atom. The summed E-state index contributed by atoms with van der Waals surface area (Å²) in [5, 5.41) is 0. The second-order valence-corrected chi connectivity index (χ2v) is 6.02. The summed E-state index contributed by atoms with van der Waals surface area (Å²) in [4.78, 5) is 6.25. The standard InChI is InChI=1S/C19H19N3O/c1-21(2)17-10-8-16(9-11-17)19(15-6-4-3-5-7-15)18(23-19)22-13-12-20-14-22/h3-14,18H,1-2H3. The molecule has 0 saturated carbocycles. The molecule has 0 N–H and O–H groups in total. The molecule has 4 rings (SSSR count). The highest BCUT2D eigenvalue weighted by atomic mass is 16.6. The molecule has 4 nitrogen and oxygen atoms in total. The lowest BCUT2D eigenvalue weighted by Gasteiger charge is -2.17. The second-order valence-electron chi connectivity index (χ2n) is 6.02. The first-order valence-corrected chi connectivity index (χ1v) is 7.70. The first kappa shape index (κ1) is 14.0. The molecule has 1 aromatic heterocycles. The van der Waals surface area contributed by atoms with Crippen LogP contribution in [0.4, 0.5) is 5.69 Å². The molecule has 0 aliphatic carbocycles. The van der Waals surface area contributed by atoms with E-state index in [4.69, 9.17) is 4.74 Å². The number of hydrogen-bond acceptors (Lipinski definition) is 3. The van der Waals surface area contributed by atoms with Gasteiger partial charge in [-0.15, -0.1) is 0 Å². The van der Waals surface area contributed by atoms with Crippen LogP contribution in [0.5, 0.6) is 0 Å². The third kappa shape index (κ3) is 2.23. The van der Waals surface area contributed by atoms with Gasteiger partial charge in [0.2, 0.25) is 0 Å². The zero-order valence-electron chi connectivity index (χ0n) is 13.3. The Hall–Kier alpha value is -2.59. The van der Waals surface area contributed by atoms with Crippen molar-refractivity contribution in [3.8, 4) is 0 Å². The fourth-order valence-electron chi connectivity index (χ4n) is 3.10. The maximum atomic E-state index is 6.23. The molecule has 2 unspecified atom stereocenters. The van der Waals surface area contributed by atoms with E-state index in [1.807, 2.05) is 37.3 Å². The van der Waals surface area contributed by atoms with Crippen molar-refractivity contribution in [3.05, 3.63) is 84.4 Å². The fourth-order valence-corrected chi connectivity index (χ4v) is 3.10. The summed E-state index contributed by atoms with van der Waals surface area (Å²) in [6.45, 7) is 0. The van der Waals surface area contributed by atoms with Crippen molar-refractivity contribution in [1.29, 1.82) is 0 Å². The highest BCUT2D eigenvalue weighted by Crippen LogP contribution is 2.58. The number of rotatable bonds is 4. The summed E-state index contributed by atoms with van der Waals surface area (Å²) < 4.78 is 8.25. The van der Waals surface area contributed by atoms with Gasteiger partial charge in [-0.3, -0.25) is 0 Å². The summed E-state index contributed by atoms with van der Waals surface area (Å²) in [7, 11) is 4.09. The van der Waals surface area contributed by atoms with Crippen LogP contribution in [0.2, 0.25) is 0 Å². The maximum absolute atomic E-state index is 6.23. The lowest BCUT2D eigenvalue weighted by molar-refractivity contribution is 0.304. The minimum atomic E-state index is -0.438. The van der Waals surface area contributed by atoms with Gasteiger partial charge in [0, 0.05) is 32.2 Å². The van der Waals surface area contributed by atoms with Crippen molar-refractivity contribution in [2.75, 3.05) is 19.0 Å². The lowest BCUT2D eigenvalue weighted by Crippen LogP contribution is -2.15. The summed E-state index contributed by atoms with van der Waals surface area (Å²) in [5.74, 6) is 0. The van der Waals surface area contributed by atoms with Crippen LogP contribution in [0.1, 0.15) is 17.4 Å². The Labute approximate surface area is 136 Å². The van der Waals surface area contributed by atoms with Gasteiger partial charge in [-0.1, -0.05) is 42.5 Å². The number of epoxide rings is 1. The average molecular weight is 305 g/mol. The number of ether oxygens (including phenoxy) is 1. The van der Waals surface area contributed by atoms with Gasteiger partial charge in [0.05, 0.1) is 6.33 Å². The summed E-state index contributed by atoms with van der Waals surface area (Å²) >= 11 is 0. The number of nitrogens with zero attached hydrogens (tertiary/aromatic N) is 3. The number of aromatic nitrogens is 2. The fraction of sp³-hybridized carbons (Fsp3) is 0.211. The molecule has 0 spiro atoms. The minimum Gasteiger partial charge on any atom is -0.378 e. The highest BCUT2D eigenvalue weighted by molar-refractivity contribution is 5.50. The highest BCUT2D eigenvalue weighted by Gasteiger charge is 2.60. The van der Waals surface area contributed by atoms with E-state index in [2.05, 4.69) is 58.4 Å².